The van der Waals surface area contributed by atoms with Gasteiger partial charge in [0.2, 0.25) is 0 Å². The van der Waals surface area contributed by atoms with Gasteiger partial charge in [-0.25, -0.2) is 4.98 Å². The smallest absolute Gasteiger partial charge is 0.168 e. The molecule has 0 radical (unpaired) electrons. The summed E-state index contributed by atoms with van der Waals surface area (Å²) in [7, 11) is 1.86. The minimum Gasteiger partial charge on any atom is -0.371 e. The predicted molar refractivity (Wildman–Crippen MR) is 91.2 cm³/mol. The Labute approximate surface area is 137 Å². The lowest BCUT2D eigenvalue weighted by atomic mass is 10.2. The molecule has 2 aromatic heterocycles. The van der Waals surface area contributed by atoms with Crippen molar-refractivity contribution < 1.29 is 0 Å². The molecule has 112 valence electrons. The first-order valence-corrected chi connectivity index (χ1v) is 7.87. The Morgan fingerprint density at radius 1 is 1.18 bits per heavy atom. The Morgan fingerprint density at radius 2 is 1.95 bits per heavy atom. The molecule has 0 aliphatic rings. The summed E-state index contributed by atoms with van der Waals surface area (Å²) in [5.41, 5.74) is 1.95. The van der Waals surface area contributed by atoms with Gasteiger partial charge in [0.1, 0.15) is 11.6 Å². The number of hydrogen-bond acceptors (Lipinski definition) is 4. The normalized spacial score (nSPS) is 10.7. The number of pyridine rings is 1. The summed E-state index contributed by atoms with van der Waals surface area (Å²) in [6, 6.07) is 12.1. The standard InChI is InChI=1S/C16H16BrN5/c1-3-14-20-21-16(11-7-5-4-6-8-11)22(14)13-9-12(17)10-19-15(13)18-2/h4-10H,3H2,1-2H3,(H,18,19). The van der Waals surface area contributed by atoms with E-state index < -0.39 is 0 Å². The van der Waals surface area contributed by atoms with Gasteiger partial charge in [-0.3, -0.25) is 4.57 Å². The number of nitrogens with one attached hydrogen (secondary N) is 1. The highest BCUT2D eigenvalue weighted by molar-refractivity contribution is 9.10. The molecule has 0 bridgehead atoms. The molecule has 0 spiro atoms. The Morgan fingerprint density at radius 3 is 2.64 bits per heavy atom. The quantitative estimate of drug-likeness (QED) is 0.773. The van der Waals surface area contributed by atoms with E-state index in [1.807, 2.05) is 43.4 Å². The molecule has 0 unspecified atom stereocenters. The summed E-state index contributed by atoms with van der Waals surface area (Å²) in [6.07, 6.45) is 2.56. The van der Waals surface area contributed by atoms with E-state index in [4.69, 9.17) is 0 Å². The maximum absolute atomic E-state index is 4.43. The molecule has 3 aromatic rings. The van der Waals surface area contributed by atoms with E-state index in [9.17, 15) is 0 Å². The van der Waals surface area contributed by atoms with E-state index in [0.717, 1.165) is 39.6 Å². The molecule has 0 amide bonds. The van der Waals surface area contributed by atoms with Gasteiger partial charge in [-0.15, -0.1) is 10.2 Å². The number of benzene rings is 1. The summed E-state index contributed by atoms with van der Waals surface area (Å²) in [6.45, 7) is 2.07. The van der Waals surface area contributed by atoms with E-state index in [2.05, 4.69) is 47.9 Å². The molecule has 0 aliphatic heterocycles. The summed E-state index contributed by atoms with van der Waals surface area (Å²) in [4.78, 5) is 4.43. The van der Waals surface area contributed by atoms with E-state index in [1.165, 1.54) is 0 Å². The van der Waals surface area contributed by atoms with Crippen molar-refractivity contribution in [3.63, 3.8) is 0 Å². The van der Waals surface area contributed by atoms with Crippen molar-refractivity contribution in [3.05, 3.63) is 52.9 Å². The molecule has 0 aliphatic carbocycles. The summed E-state index contributed by atoms with van der Waals surface area (Å²) in [5, 5.41) is 11.8. The number of anilines is 1. The molecule has 0 fully saturated rings. The van der Waals surface area contributed by atoms with Gasteiger partial charge in [0, 0.05) is 29.7 Å². The van der Waals surface area contributed by atoms with E-state index >= 15 is 0 Å². The monoisotopic (exact) mass is 357 g/mol. The zero-order chi connectivity index (χ0) is 15.5. The fraction of sp³-hybridized carbons (Fsp3) is 0.188. The molecule has 2 heterocycles. The first kappa shape index (κ1) is 14.7. The van der Waals surface area contributed by atoms with E-state index in [-0.39, 0.29) is 0 Å². The third-order valence-corrected chi connectivity index (χ3v) is 3.82. The van der Waals surface area contributed by atoms with Crippen LogP contribution in [0.5, 0.6) is 0 Å². The van der Waals surface area contributed by atoms with Crippen molar-refractivity contribution in [2.75, 3.05) is 12.4 Å². The average molecular weight is 358 g/mol. The molecular formula is C16H16BrN5. The molecule has 1 N–H and O–H groups in total. The second kappa shape index (κ2) is 6.27. The van der Waals surface area contributed by atoms with Crippen LogP contribution in [-0.2, 0) is 6.42 Å². The summed E-state index contributed by atoms with van der Waals surface area (Å²) >= 11 is 3.49. The van der Waals surface area contributed by atoms with Crippen LogP contribution in [0, 0.1) is 0 Å². The van der Waals surface area contributed by atoms with Crippen LogP contribution in [0.3, 0.4) is 0 Å². The highest BCUT2D eigenvalue weighted by atomic mass is 79.9. The van der Waals surface area contributed by atoms with Gasteiger partial charge in [0.05, 0.1) is 5.69 Å². The fourth-order valence-corrected chi connectivity index (χ4v) is 2.68. The molecule has 3 rings (SSSR count). The SMILES string of the molecule is CCc1nnc(-c2ccccc2)n1-c1cc(Br)cnc1NC. The molecule has 0 atom stereocenters. The number of halogens is 1. The van der Waals surface area contributed by atoms with Crippen LogP contribution in [0.2, 0.25) is 0 Å². The van der Waals surface area contributed by atoms with Gasteiger partial charge < -0.3 is 5.32 Å². The summed E-state index contributed by atoms with van der Waals surface area (Å²) in [5.74, 6) is 2.50. The highest BCUT2D eigenvalue weighted by Gasteiger charge is 2.17. The lowest BCUT2D eigenvalue weighted by molar-refractivity contribution is 0.881. The molecule has 6 heteroatoms. The van der Waals surface area contributed by atoms with Crippen LogP contribution in [0.25, 0.3) is 17.1 Å². The zero-order valence-corrected chi connectivity index (χ0v) is 14.0. The molecule has 0 saturated heterocycles. The van der Waals surface area contributed by atoms with Crippen LogP contribution < -0.4 is 5.32 Å². The molecule has 1 aromatic carbocycles. The maximum atomic E-state index is 4.43. The topological polar surface area (TPSA) is 55.6 Å². The fourth-order valence-electron chi connectivity index (χ4n) is 2.36. The van der Waals surface area contributed by atoms with Crippen molar-refractivity contribution in [1.82, 2.24) is 19.7 Å². The molecule has 5 nitrogen and oxygen atoms in total. The number of rotatable bonds is 4. The molecule has 22 heavy (non-hydrogen) atoms. The lowest BCUT2D eigenvalue weighted by Gasteiger charge is -2.14. The number of aromatic nitrogens is 4. The largest absolute Gasteiger partial charge is 0.371 e. The van der Waals surface area contributed by atoms with Crippen molar-refractivity contribution in [1.29, 1.82) is 0 Å². The van der Waals surface area contributed by atoms with E-state index in [1.54, 1.807) is 6.20 Å². The van der Waals surface area contributed by atoms with Crippen LogP contribution in [0.4, 0.5) is 5.82 Å². The minimum absolute atomic E-state index is 0.787. The van der Waals surface area contributed by atoms with Gasteiger partial charge in [0.25, 0.3) is 0 Å². The first-order valence-electron chi connectivity index (χ1n) is 7.08. The van der Waals surface area contributed by atoms with Crippen molar-refractivity contribution >= 4 is 21.7 Å². The van der Waals surface area contributed by atoms with Gasteiger partial charge >= 0.3 is 0 Å². The van der Waals surface area contributed by atoms with Crippen molar-refractivity contribution in [2.45, 2.75) is 13.3 Å². The third-order valence-electron chi connectivity index (χ3n) is 3.39. The second-order valence-electron chi connectivity index (χ2n) is 4.77. The first-order chi connectivity index (χ1) is 10.7. The predicted octanol–water partition coefficient (Wildman–Crippen LogP) is 3.70. The van der Waals surface area contributed by atoms with Gasteiger partial charge in [0.15, 0.2) is 5.82 Å². The maximum Gasteiger partial charge on any atom is 0.168 e. The van der Waals surface area contributed by atoms with Crippen molar-refractivity contribution in [2.24, 2.45) is 0 Å². The Balaban J connectivity index is 2.26. The van der Waals surface area contributed by atoms with E-state index in [0.29, 0.717) is 0 Å². The van der Waals surface area contributed by atoms with Gasteiger partial charge in [-0.2, -0.15) is 0 Å². The molecular weight excluding hydrogens is 342 g/mol. The van der Waals surface area contributed by atoms with Crippen LogP contribution in [-0.4, -0.2) is 26.8 Å². The summed E-state index contributed by atoms with van der Waals surface area (Å²) < 4.78 is 2.97. The third kappa shape index (κ3) is 2.62. The van der Waals surface area contributed by atoms with Crippen LogP contribution in [0.15, 0.2) is 47.1 Å². The number of hydrogen-bond donors (Lipinski definition) is 1. The van der Waals surface area contributed by atoms with Crippen LogP contribution in [0.1, 0.15) is 12.7 Å². The second-order valence-corrected chi connectivity index (χ2v) is 5.68. The van der Waals surface area contributed by atoms with Gasteiger partial charge in [-0.05, 0) is 22.0 Å². The Bertz CT molecular complexity index is 782. The lowest BCUT2D eigenvalue weighted by Crippen LogP contribution is -2.07. The number of aryl methyl sites for hydroxylation is 1. The van der Waals surface area contributed by atoms with Gasteiger partial charge in [-0.1, -0.05) is 37.3 Å². The van der Waals surface area contributed by atoms with Crippen molar-refractivity contribution in [3.8, 4) is 17.1 Å². The minimum atomic E-state index is 0.787. The Kier molecular flexibility index (Phi) is 4.20. The number of nitrogens with zero attached hydrogens (tertiary/aromatic N) is 4. The zero-order valence-electron chi connectivity index (χ0n) is 12.4. The average Bonchev–Trinajstić information content (AvgIpc) is 2.99. The highest BCUT2D eigenvalue weighted by Crippen LogP contribution is 2.28. The Hall–Kier alpha value is -2.21. The van der Waals surface area contributed by atoms with Crippen LogP contribution >= 0.6 is 15.9 Å². The molecule has 0 saturated carbocycles.